The van der Waals surface area contributed by atoms with Crippen LogP contribution in [0.1, 0.15) is 36.5 Å². The summed E-state index contributed by atoms with van der Waals surface area (Å²) < 4.78 is 0. The molecular formula is C14H19NOS. The van der Waals surface area contributed by atoms with Crippen LogP contribution in [0, 0.1) is 0 Å². The molecule has 1 N–H and O–H groups in total. The Hall–Kier alpha value is -0.800. The molecule has 1 aliphatic rings. The molecule has 1 saturated heterocycles. The van der Waals surface area contributed by atoms with Crippen LogP contribution in [0.3, 0.4) is 0 Å². The predicted octanol–water partition coefficient (Wildman–Crippen LogP) is 3.12. The molecule has 17 heavy (non-hydrogen) atoms. The molecule has 1 atom stereocenters. The average molecular weight is 249 g/mol. The largest absolute Gasteiger partial charge is 0.307 e. The molecule has 2 nitrogen and oxygen atoms in total. The van der Waals surface area contributed by atoms with Crippen LogP contribution >= 0.6 is 11.8 Å². The van der Waals surface area contributed by atoms with Crippen LogP contribution in [0.5, 0.6) is 0 Å². The first-order valence-electron chi connectivity index (χ1n) is 6.31. The van der Waals surface area contributed by atoms with Crippen LogP contribution in [0.4, 0.5) is 0 Å². The summed E-state index contributed by atoms with van der Waals surface area (Å²) in [5.74, 6) is 1.31. The monoisotopic (exact) mass is 249 g/mol. The first-order chi connectivity index (χ1) is 8.31. The lowest BCUT2D eigenvalue weighted by Gasteiger charge is -2.22. The van der Waals surface area contributed by atoms with Crippen LogP contribution in [0.25, 0.3) is 0 Å². The first-order valence-corrected chi connectivity index (χ1v) is 7.30. The SMILES string of the molecule is CCSc1ccc(C(=O)C2CCCCN2)cc1. The molecule has 1 fully saturated rings. The molecule has 1 unspecified atom stereocenters. The third-order valence-corrected chi connectivity index (χ3v) is 3.97. The third kappa shape index (κ3) is 3.33. The molecule has 0 radical (unpaired) electrons. The van der Waals surface area contributed by atoms with Crippen molar-refractivity contribution in [3.8, 4) is 0 Å². The summed E-state index contributed by atoms with van der Waals surface area (Å²) in [5, 5.41) is 3.30. The number of carbonyl (C=O) groups excluding carboxylic acids is 1. The van der Waals surface area contributed by atoms with Gasteiger partial charge in [-0.2, -0.15) is 0 Å². The van der Waals surface area contributed by atoms with E-state index in [-0.39, 0.29) is 11.8 Å². The van der Waals surface area contributed by atoms with Crippen molar-refractivity contribution in [3.05, 3.63) is 29.8 Å². The van der Waals surface area contributed by atoms with Crippen molar-refractivity contribution in [1.82, 2.24) is 5.32 Å². The lowest BCUT2D eigenvalue weighted by atomic mass is 9.96. The summed E-state index contributed by atoms with van der Waals surface area (Å²) in [6, 6.07) is 8.04. The van der Waals surface area contributed by atoms with E-state index in [2.05, 4.69) is 12.2 Å². The van der Waals surface area contributed by atoms with Gasteiger partial charge in [0, 0.05) is 10.5 Å². The lowest BCUT2D eigenvalue weighted by Crippen LogP contribution is -2.40. The Kier molecular flexibility index (Phi) is 4.63. The Bertz CT molecular complexity index is 368. The minimum Gasteiger partial charge on any atom is -0.307 e. The van der Waals surface area contributed by atoms with E-state index in [1.807, 2.05) is 24.3 Å². The normalized spacial score (nSPS) is 20.2. The Labute approximate surface area is 107 Å². The summed E-state index contributed by atoms with van der Waals surface area (Å²) >= 11 is 1.80. The second kappa shape index (κ2) is 6.22. The molecule has 0 bridgehead atoms. The van der Waals surface area contributed by atoms with Crippen molar-refractivity contribution in [1.29, 1.82) is 0 Å². The molecule has 1 heterocycles. The minimum absolute atomic E-state index is 0.0356. The summed E-state index contributed by atoms with van der Waals surface area (Å²) in [4.78, 5) is 13.4. The molecule has 0 aliphatic carbocycles. The highest BCUT2D eigenvalue weighted by atomic mass is 32.2. The highest BCUT2D eigenvalue weighted by Gasteiger charge is 2.21. The number of Topliss-reactive ketones (excluding diaryl/α,β-unsaturated/α-hetero) is 1. The maximum absolute atomic E-state index is 12.2. The molecule has 0 amide bonds. The number of piperidine rings is 1. The van der Waals surface area contributed by atoms with E-state index < -0.39 is 0 Å². The van der Waals surface area contributed by atoms with E-state index in [4.69, 9.17) is 0 Å². The fraction of sp³-hybridized carbons (Fsp3) is 0.500. The highest BCUT2D eigenvalue weighted by Crippen LogP contribution is 2.19. The van der Waals surface area contributed by atoms with E-state index in [1.165, 1.54) is 11.3 Å². The van der Waals surface area contributed by atoms with E-state index in [0.717, 1.165) is 30.7 Å². The maximum Gasteiger partial charge on any atom is 0.179 e. The second-order valence-corrected chi connectivity index (χ2v) is 5.66. The Balaban J connectivity index is 2.03. The topological polar surface area (TPSA) is 29.1 Å². The van der Waals surface area contributed by atoms with Gasteiger partial charge in [-0.1, -0.05) is 25.5 Å². The van der Waals surface area contributed by atoms with Gasteiger partial charge in [-0.3, -0.25) is 4.79 Å². The smallest absolute Gasteiger partial charge is 0.179 e. The molecule has 92 valence electrons. The van der Waals surface area contributed by atoms with Gasteiger partial charge in [0.1, 0.15) is 0 Å². The van der Waals surface area contributed by atoms with Crippen molar-refractivity contribution in [2.45, 2.75) is 37.1 Å². The fourth-order valence-corrected chi connectivity index (χ4v) is 2.82. The molecule has 0 aromatic heterocycles. The number of hydrogen-bond donors (Lipinski definition) is 1. The van der Waals surface area contributed by atoms with Crippen LogP contribution in [0.15, 0.2) is 29.2 Å². The van der Waals surface area contributed by atoms with Gasteiger partial charge in [-0.05, 0) is 37.3 Å². The maximum atomic E-state index is 12.2. The molecular weight excluding hydrogens is 230 g/mol. The molecule has 0 saturated carbocycles. The van der Waals surface area contributed by atoms with Crippen molar-refractivity contribution >= 4 is 17.5 Å². The summed E-state index contributed by atoms with van der Waals surface area (Å²) in [7, 11) is 0. The summed E-state index contributed by atoms with van der Waals surface area (Å²) in [6.07, 6.45) is 3.33. The zero-order valence-electron chi connectivity index (χ0n) is 10.2. The van der Waals surface area contributed by atoms with Crippen LogP contribution in [-0.4, -0.2) is 24.1 Å². The fourth-order valence-electron chi connectivity index (χ4n) is 2.16. The lowest BCUT2D eigenvalue weighted by molar-refractivity contribution is 0.0927. The van der Waals surface area contributed by atoms with Gasteiger partial charge in [0.15, 0.2) is 5.78 Å². The molecule has 1 aliphatic heterocycles. The van der Waals surface area contributed by atoms with Crippen LogP contribution in [0.2, 0.25) is 0 Å². The molecule has 1 aromatic carbocycles. The molecule has 3 heteroatoms. The Morgan fingerprint density at radius 2 is 2.12 bits per heavy atom. The summed E-state index contributed by atoms with van der Waals surface area (Å²) in [5.41, 5.74) is 0.838. The zero-order chi connectivity index (χ0) is 12.1. The quantitative estimate of drug-likeness (QED) is 0.656. The predicted molar refractivity (Wildman–Crippen MR) is 72.8 cm³/mol. The number of hydrogen-bond acceptors (Lipinski definition) is 3. The number of nitrogens with one attached hydrogen (secondary N) is 1. The number of rotatable bonds is 4. The van der Waals surface area contributed by atoms with Gasteiger partial charge in [0.05, 0.1) is 6.04 Å². The van der Waals surface area contributed by atoms with E-state index in [0.29, 0.717) is 0 Å². The number of thioether (sulfide) groups is 1. The minimum atomic E-state index is 0.0356. The van der Waals surface area contributed by atoms with Crippen LogP contribution < -0.4 is 5.32 Å². The number of benzene rings is 1. The number of carbonyl (C=O) groups is 1. The Morgan fingerprint density at radius 3 is 2.71 bits per heavy atom. The van der Waals surface area contributed by atoms with Crippen molar-refractivity contribution in [2.75, 3.05) is 12.3 Å². The van der Waals surface area contributed by atoms with Crippen LogP contribution in [-0.2, 0) is 0 Å². The number of ketones is 1. The van der Waals surface area contributed by atoms with E-state index in [1.54, 1.807) is 11.8 Å². The average Bonchev–Trinajstić information content (AvgIpc) is 2.40. The van der Waals surface area contributed by atoms with Gasteiger partial charge < -0.3 is 5.32 Å². The second-order valence-electron chi connectivity index (χ2n) is 4.32. The zero-order valence-corrected chi connectivity index (χ0v) is 11.1. The van der Waals surface area contributed by atoms with E-state index >= 15 is 0 Å². The van der Waals surface area contributed by atoms with Gasteiger partial charge in [-0.15, -0.1) is 11.8 Å². The van der Waals surface area contributed by atoms with Gasteiger partial charge in [-0.25, -0.2) is 0 Å². The molecule has 1 aromatic rings. The molecule has 0 spiro atoms. The third-order valence-electron chi connectivity index (χ3n) is 3.08. The molecule has 2 rings (SSSR count). The van der Waals surface area contributed by atoms with Crippen molar-refractivity contribution in [3.63, 3.8) is 0 Å². The Morgan fingerprint density at radius 1 is 1.35 bits per heavy atom. The van der Waals surface area contributed by atoms with Gasteiger partial charge in [0.2, 0.25) is 0 Å². The highest BCUT2D eigenvalue weighted by molar-refractivity contribution is 7.99. The first kappa shape index (κ1) is 12.7. The van der Waals surface area contributed by atoms with E-state index in [9.17, 15) is 4.79 Å². The van der Waals surface area contributed by atoms with Crippen molar-refractivity contribution < 1.29 is 4.79 Å². The standard InChI is InChI=1S/C14H19NOS/c1-2-17-12-8-6-11(7-9-12)14(16)13-5-3-4-10-15-13/h6-9,13,15H,2-5,10H2,1H3. The van der Waals surface area contributed by atoms with Gasteiger partial charge in [0.25, 0.3) is 0 Å². The summed E-state index contributed by atoms with van der Waals surface area (Å²) in [6.45, 7) is 3.11. The van der Waals surface area contributed by atoms with Gasteiger partial charge >= 0.3 is 0 Å². The van der Waals surface area contributed by atoms with Crippen molar-refractivity contribution in [2.24, 2.45) is 0 Å².